The number of carbonyl (C=O) groups excluding carboxylic acids is 1. The standard InChI is InChI=1S/C7H14N2O.ClH/c1-3-6(8)4-5(2)7(9)10;/h4,6H,3,8H2,1-2H3,(H2,9,10);1H. The molecule has 0 fully saturated rings. The smallest absolute Gasteiger partial charge is 0.244 e. The molecule has 0 spiro atoms. The van der Waals surface area contributed by atoms with Crippen molar-refractivity contribution < 1.29 is 4.79 Å². The predicted molar refractivity (Wildman–Crippen MR) is 48.5 cm³/mol. The van der Waals surface area contributed by atoms with Crippen molar-refractivity contribution in [1.82, 2.24) is 0 Å². The molecule has 0 saturated carbocycles. The number of primary amides is 1. The van der Waals surface area contributed by atoms with E-state index in [1.165, 1.54) is 0 Å². The summed E-state index contributed by atoms with van der Waals surface area (Å²) in [5.74, 6) is -0.399. The van der Waals surface area contributed by atoms with Gasteiger partial charge in [0.1, 0.15) is 0 Å². The molecular weight excluding hydrogens is 164 g/mol. The van der Waals surface area contributed by atoms with E-state index in [-0.39, 0.29) is 18.4 Å². The van der Waals surface area contributed by atoms with Crippen molar-refractivity contribution in [3.63, 3.8) is 0 Å². The highest BCUT2D eigenvalue weighted by Crippen LogP contribution is 1.95. The molecule has 4 N–H and O–H groups in total. The molecule has 0 aliphatic carbocycles. The van der Waals surface area contributed by atoms with Crippen LogP contribution >= 0.6 is 12.4 Å². The second kappa shape index (κ2) is 6.19. The van der Waals surface area contributed by atoms with E-state index >= 15 is 0 Å². The van der Waals surface area contributed by atoms with E-state index in [9.17, 15) is 4.79 Å². The van der Waals surface area contributed by atoms with Crippen LogP contribution in [0.1, 0.15) is 20.3 Å². The topological polar surface area (TPSA) is 69.1 Å². The van der Waals surface area contributed by atoms with Crippen molar-refractivity contribution in [2.24, 2.45) is 11.5 Å². The molecule has 0 aromatic rings. The first-order chi connectivity index (χ1) is 4.57. The molecule has 11 heavy (non-hydrogen) atoms. The van der Waals surface area contributed by atoms with Gasteiger partial charge in [0, 0.05) is 11.6 Å². The van der Waals surface area contributed by atoms with Gasteiger partial charge in [-0.15, -0.1) is 12.4 Å². The summed E-state index contributed by atoms with van der Waals surface area (Å²) >= 11 is 0. The second-order valence-electron chi connectivity index (χ2n) is 2.29. The lowest BCUT2D eigenvalue weighted by Crippen LogP contribution is -2.19. The molecule has 0 radical (unpaired) electrons. The molecule has 1 amide bonds. The molecule has 0 heterocycles. The van der Waals surface area contributed by atoms with Gasteiger partial charge in [-0.3, -0.25) is 4.79 Å². The number of halogens is 1. The van der Waals surface area contributed by atoms with Crippen LogP contribution in [0.15, 0.2) is 11.6 Å². The average molecular weight is 179 g/mol. The molecule has 0 rings (SSSR count). The Balaban J connectivity index is 0. The largest absolute Gasteiger partial charge is 0.366 e. The van der Waals surface area contributed by atoms with Crippen molar-refractivity contribution >= 4 is 18.3 Å². The van der Waals surface area contributed by atoms with Crippen LogP contribution in [0, 0.1) is 0 Å². The summed E-state index contributed by atoms with van der Waals surface area (Å²) in [5.41, 5.74) is 11.0. The molecule has 0 aliphatic rings. The summed E-state index contributed by atoms with van der Waals surface area (Å²) in [4.78, 5) is 10.4. The summed E-state index contributed by atoms with van der Waals surface area (Å²) in [5, 5.41) is 0. The Morgan fingerprint density at radius 1 is 1.64 bits per heavy atom. The fourth-order valence-electron chi connectivity index (χ4n) is 0.521. The Morgan fingerprint density at radius 3 is 2.36 bits per heavy atom. The fourth-order valence-corrected chi connectivity index (χ4v) is 0.521. The van der Waals surface area contributed by atoms with Crippen LogP contribution in [0.5, 0.6) is 0 Å². The Hall–Kier alpha value is -0.540. The summed E-state index contributed by atoms with van der Waals surface area (Å²) in [6.07, 6.45) is 2.51. The van der Waals surface area contributed by atoms with E-state index in [4.69, 9.17) is 11.5 Å². The van der Waals surface area contributed by atoms with Gasteiger partial charge in [0.05, 0.1) is 0 Å². The zero-order valence-corrected chi connectivity index (χ0v) is 7.65. The molecule has 0 aromatic carbocycles. The van der Waals surface area contributed by atoms with Crippen molar-refractivity contribution in [3.8, 4) is 0 Å². The van der Waals surface area contributed by atoms with Crippen LogP contribution in [0.4, 0.5) is 0 Å². The first-order valence-electron chi connectivity index (χ1n) is 3.31. The number of carbonyl (C=O) groups is 1. The number of hydrogen-bond acceptors (Lipinski definition) is 2. The van der Waals surface area contributed by atoms with E-state index in [1.54, 1.807) is 13.0 Å². The lowest BCUT2D eigenvalue weighted by atomic mass is 10.1. The van der Waals surface area contributed by atoms with Crippen molar-refractivity contribution in [2.75, 3.05) is 0 Å². The SMILES string of the molecule is CCC(N)C=C(C)C(N)=O.Cl. The van der Waals surface area contributed by atoms with Gasteiger partial charge >= 0.3 is 0 Å². The predicted octanol–water partition coefficient (Wildman–Crippen LogP) is 0.577. The van der Waals surface area contributed by atoms with Gasteiger partial charge in [0.25, 0.3) is 0 Å². The maximum atomic E-state index is 10.4. The summed E-state index contributed by atoms with van der Waals surface area (Å²) < 4.78 is 0. The zero-order chi connectivity index (χ0) is 8.15. The number of rotatable bonds is 3. The van der Waals surface area contributed by atoms with Gasteiger partial charge in [0.2, 0.25) is 5.91 Å². The number of nitrogens with two attached hydrogens (primary N) is 2. The van der Waals surface area contributed by atoms with E-state index in [0.29, 0.717) is 5.57 Å². The highest BCUT2D eigenvalue weighted by atomic mass is 35.5. The molecule has 0 saturated heterocycles. The van der Waals surface area contributed by atoms with Crippen LogP contribution in [-0.4, -0.2) is 11.9 Å². The Kier molecular flexibility index (Phi) is 7.36. The Bertz CT molecular complexity index is 157. The first kappa shape index (κ1) is 13.1. The van der Waals surface area contributed by atoms with Gasteiger partial charge in [-0.05, 0) is 13.3 Å². The molecular formula is C7H15ClN2O. The van der Waals surface area contributed by atoms with Gasteiger partial charge < -0.3 is 11.5 Å². The molecule has 3 nitrogen and oxygen atoms in total. The Morgan fingerprint density at radius 2 is 2.09 bits per heavy atom. The van der Waals surface area contributed by atoms with Crippen molar-refractivity contribution in [2.45, 2.75) is 26.3 Å². The van der Waals surface area contributed by atoms with Crippen LogP contribution in [-0.2, 0) is 4.79 Å². The molecule has 66 valence electrons. The van der Waals surface area contributed by atoms with E-state index < -0.39 is 5.91 Å². The maximum Gasteiger partial charge on any atom is 0.244 e. The molecule has 4 heteroatoms. The zero-order valence-electron chi connectivity index (χ0n) is 6.83. The van der Waals surface area contributed by atoms with Crippen molar-refractivity contribution in [1.29, 1.82) is 0 Å². The summed E-state index contributed by atoms with van der Waals surface area (Å²) in [7, 11) is 0. The third-order valence-electron chi connectivity index (χ3n) is 1.32. The number of hydrogen-bond donors (Lipinski definition) is 2. The monoisotopic (exact) mass is 178 g/mol. The number of amides is 1. The van der Waals surface area contributed by atoms with Crippen molar-refractivity contribution in [3.05, 3.63) is 11.6 Å². The van der Waals surface area contributed by atoms with Gasteiger partial charge in [0.15, 0.2) is 0 Å². The minimum atomic E-state index is -0.399. The first-order valence-corrected chi connectivity index (χ1v) is 3.31. The van der Waals surface area contributed by atoms with Crippen LogP contribution in [0.3, 0.4) is 0 Å². The molecule has 0 aliphatic heterocycles. The normalized spacial score (nSPS) is 13.5. The summed E-state index contributed by atoms with van der Waals surface area (Å²) in [6, 6.07) is -0.0486. The summed E-state index contributed by atoms with van der Waals surface area (Å²) in [6.45, 7) is 3.62. The molecule has 1 unspecified atom stereocenters. The molecule has 1 atom stereocenters. The van der Waals surface area contributed by atoms with Crippen LogP contribution < -0.4 is 11.5 Å². The molecule has 0 aromatic heterocycles. The van der Waals surface area contributed by atoms with Gasteiger partial charge in [-0.25, -0.2) is 0 Å². The lowest BCUT2D eigenvalue weighted by Gasteiger charge is -2.01. The lowest BCUT2D eigenvalue weighted by molar-refractivity contribution is -0.114. The maximum absolute atomic E-state index is 10.4. The minimum Gasteiger partial charge on any atom is -0.366 e. The quantitative estimate of drug-likeness (QED) is 0.621. The molecule has 0 bridgehead atoms. The fraction of sp³-hybridized carbons (Fsp3) is 0.571. The highest BCUT2D eigenvalue weighted by molar-refractivity contribution is 5.91. The Labute approximate surface area is 73.2 Å². The van der Waals surface area contributed by atoms with Gasteiger partial charge in [-0.1, -0.05) is 13.0 Å². The third kappa shape index (κ3) is 5.88. The minimum absolute atomic E-state index is 0. The van der Waals surface area contributed by atoms with E-state index in [2.05, 4.69) is 0 Å². The van der Waals surface area contributed by atoms with E-state index in [1.807, 2.05) is 6.92 Å². The van der Waals surface area contributed by atoms with Gasteiger partial charge in [-0.2, -0.15) is 0 Å². The van der Waals surface area contributed by atoms with Crippen LogP contribution in [0.2, 0.25) is 0 Å². The highest BCUT2D eigenvalue weighted by Gasteiger charge is 1.99. The second-order valence-corrected chi connectivity index (χ2v) is 2.29. The third-order valence-corrected chi connectivity index (χ3v) is 1.32. The average Bonchev–Trinajstić information content (AvgIpc) is 1.87. The van der Waals surface area contributed by atoms with Crippen LogP contribution in [0.25, 0.3) is 0 Å². The van der Waals surface area contributed by atoms with E-state index in [0.717, 1.165) is 6.42 Å².